The molecule has 0 saturated heterocycles. The molecule has 2 aromatic rings. The van der Waals surface area contributed by atoms with Crippen molar-refractivity contribution in [1.29, 1.82) is 0 Å². The maximum absolute atomic E-state index is 13.4. The van der Waals surface area contributed by atoms with Crippen molar-refractivity contribution >= 4 is 17.5 Å². The molecule has 0 unspecified atom stereocenters. The molecule has 0 aliphatic heterocycles. The van der Waals surface area contributed by atoms with Crippen molar-refractivity contribution < 1.29 is 4.39 Å². The zero-order valence-electron chi connectivity index (χ0n) is 11.8. The van der Waals surface area contributed by atoms with Crippen LogP contribution in [0.2, 0.25) is 0 Å². The fraction of sp³-hybridized carbons (Fsp3) is 0.333. The SMILES string of the molecule is CCCNc1nccc(N(CC)c2cccc(F)c2)n1. The topological polar surface area (TPSA) is 41.1 Å². The van der Waals surface area contributed by atoms with E-state index in [1.54, 1.807) is 12.3 Å². The van der Waals surface area contributed by atoms with Gasteiger partial charge in [-0.25, -0.2) is 9.37 Å². The molecular weight excluding hydrogens is 255 g/mol. The lowest BCUT2D eigenvalue weighted by Gasteiger charge is -2.22. The van der Waals surface area contributed by atoms with Crippen molar-refractivity contribution in [3.05, 3.63) is 42.3 Å². The highest BCUT2D eigenvalue weighted by Crippen LogP contribution is 2.24. The molecule has 5 heteroatoms. The molecule has 0 aliphatic carbocycles. The fourth-order valence-electron chi connectivity index (χ4n) is 1.94. The summed E-state index contributed by atoms with van der Waals surface area (Å²) >= 11 is 0. The maximum atomic E-state index is 13.4. The minimum atomic E-state index is -0.251. The van der Waals surface area contributed by atoms with Gasteiger partial charge in [0.15, 0.2) is 0 Å². The predicted molar refractivity (Wildman–Crippen MR) is 79.9 cm³/mol. The van der Waals surface area contributed by atoms with Gasteiger partial charge in [-0.15, -0.1) is 0 Å². The second-order valence-electron chi connectivity index (χ2n) is 4.39. The largest absolute Gasteiger partial charge is 0.354 e. The first-order chi connectivity index (χ1) is 9.74. The molecular formula is C15H19FN4. The number of aromatic nitrogens is 2. The average Bonchev–Trinajstić information content (AvgIpc) is 2.46. The highest BCUT2D eigenvalue weighted by Gasteiger charge is 2.10. The smallest absolute Gasteiger partial charge is 0.224 e. The van der Waals surface area contributed by atoms with Crippen LogP contribution >= 0.6 is 0 Å². The van der Waals surface area contributed by atoms with Crippen molar-refractivity contribution in [3.63, 3.8) is 0 Å². The van der Waals surface area contributed by atoms with Crippen molar-refractivity contribution in [2.45, 2.75) is 20.3 Å². The summed E-state index contributed by atoms with van der Waals surface area (Å²) in [5.74, 6) is 1.10. The third-order valence-corrected chi connectivity index (χ3v) is 2.89. The Hall–Kier alpha value is -2.17. The molecule has 0 saturated carbocycles. The third-order valence-electron chi connectivity index (χ3n) is 2.89. The summed E-state index contributed by atoms with van der Waals surface area (Å²) < 4.78 is 13.4. The van der Waals surface area contributed by atoms with Crippen LogP contribution in [-0.4, -0.2) is 23.1 Å². The van der Waals surface area contributed by atoms with E-state index in [9.17, 15) is 4.39 Å². The van der Waals surface area contributed by atoms with Gasteiger partial charge in [0, 0.05) is 25.0 Å². The van der Waals surface area contributed by atoms with E-state index in [1.807, 2.05) is 24.0 Å². The molecule has 0 bridgehead atoms. The summed E-state index contributed by atoms with van der Waals surface area (Å²) in [5, 5.41) is 3.15. The average molecular weight is 274 g/mol. The summed E-state index contributed by atoms with van der Waals surface area (Å²) in [7, 11) is 0. The summed E-state index contributed by atoms with van der Waals surface area (Å²) in [6.07, 6.45) is 2.72. The van der Waals surface area contributed by atoms with Crippen molar-refractivity contribution in [2.24, 2.45) is 0 Å². The van der Waals surface area contributed by atoms with Crippen molar-refractivity contribution in [2.75, 3.05) is 23.3 Å². The first-order valence-corrected chi connectivity index (χ1v) is 6.84. The standard InChI is InChI=1S/C15H19FN4/c1-3-9-17-15-18-10-8-14(19-15)20(4-2)13-7-5-6-12(16)11-13/h5-8,10-11H,3-4,9H2,1-2H3,(H,17,18,19). The van der Waals surface area contributed by atoms with Gasteiger partial charge >= 0.3 is 0 Å². The summed E-state index contributed by atoms with van der Waals surface area (Å²) in [6.45, 7) is 5.62. The summed E-state index contributed by atoms with van der Waals surface area (Å²) in [6, 6.07) is 8.33. The minimum absolute atomic E-state index is 0.251. The molecule has 2 rings (SSSR count). The van der Waals surface area contributed by atoms with Gasteiger partial charge in [0.1, 0.15) is 11.6 Å². The Morgan fingerprint density at radius 2 is 2.10 bits per heavy atom. The molecule has 1 N–H and O–H groups in total. The lowest BCUT2D eigenvalue weighted by molar-refractivity contribution is 0.627. The first-order valence-electron chi connectivity index (χ1n) is 6.84. The number of anilines is 3. The van der Waals surface area contributed by atoms with Crippen LogP contribution in [0.15, 0.2) is 36.5 Å². The third kappa shape index (κ3) is 3.44. The highest BCUT2D eigenvalue weighted by molar-refractivity contribution is 5.60. The zero-order valence-corrected chi connectivity index (χ0v) is 11.8. The van der Waals surface area contributed by atoms with Crippen molar-refractivity contribution in [1.82, 2.24) is 9.97 Å². The van der Waals surface area contributed by atoms with Gasteiger partial charge in [-0.3, -0.25) is 0 Å². The van der Waals surface area contributed by atoms with Gasteiger partial charge < -0.3 is 10.2 Å². The Labute approximate surface area is 118 Å². The lowest BCUT2D eigenvalue weighted by atomic mass is 10.2. The number of hydrogen-bond donors (Lipinski definition) is 1. The monoisotopic (exact) mass is 274 g/mol. The van der Waals surface area contributed by atoms with E-state index in [0.29, 0.717) is 12.5 Å². The Morgan fingerprint density at radius 3 is 2.80 bits per heavy atom. The molecule has 1 heterocycles. The van der Waals surface area contributed by atoms with Crippen LogP contribution in [0, 0.1) is 5.82 Å². The molecule has 20 heavy (non-hydrogen) atoms. The van der Waals surface area contributed by atoms with Crippen LogP contribution in [0.5, 0.6) is 0 Å². The Bertz CT molecular complexity index is 559. The molecule has 0 atom stereocenters. The van der Waals surface area contributed by atoms with Crippen LogP contribution in [0.3, 0.4) is 0 Å². The summed E-state index contributed by atoms with van der Waals surface area (Å²) in [5.41, 5.74) is 0.785. The number of nitrogens with one attached hydrogen (secondary N) is 1. The van der Waals surface area contributed by atoms with Crippen LogP contribution in [0.1, 0.15) is 20.3 Å². The molecule has 0 radical (unpaired) electrons. The second-order valence-corrected chi connectivity index (χ2v) is 4.39. The molecule has 0 aliphatic rings. The van der Waals surface area contributed by atoms with E-state index < -0.39 is 0 Å². The summed E-state index contributed by atoms with van der Waals surface area (Å²) in [4.78, 5) is 10.6. The van der Waals surface area contributed by atoms with Crippen LogP contribution in [-0.2, 0) is 0 Å². The first kappa shape index (κ1) is 14.2. The van der Waals surface area contributed by atoms with E-state index in [1.165, 1.54) is 12.1 Å². The van der Waals surface area contributed by atoms with E-state index >= 15 is 0 Å². The van der Waals surface area contributed by atoms with E-state index in [0.717, 1.165) is 24.5 Å². The van der Waals surface area contributed by atoms with E-state index in [4.69, 9.17) is 0 Å². The molecule has 0 fully saturated rings. The van der Waals surface area contributed by atoms with Gasteiger partial charge in [0.25, 0.3) is 0 Å². The highest BCUT2D eigenvalue weighted by atomic mass is 19.1. The normalized spacial score (nSPS) is 10.3. The minimum Gasteiger partial charge on any atom is -0.354 e. The second kappa shape index (κ2) is 6.84. The Morgan fingerprint density at radius 1 is 1.25 bits per heavy atom. The van der Waals surface area contributed by atoms with Gasteiger partial charge in [0.05, 0.1) is 0 Å². The van der Waals surface area contributed by atoms with Gasteiger partial charge in [-0.05, 0) is 37.6 Å². The molecule has 4 nitrogen and oxygen atoms in total. The molecule has 106 valence electrons. The maximum Gasteiger partial charge on any atom is 0.224 e. The number of nitrogens with zero attached hydrogens (tertiary/aromatic N) is 3. The zero-order chi connectivity index (χ0) is 14.4. The fourth-order valence-corrected chi connectivity index (χ4v) is 1.94. The van der Waals surface area contributed by atoms with Crippen LogP contribution < -0.4 is 10.2 Å². The lowest BCUT2D eigenvalue weighted by Crippen LogP contribution is -2.18. The quantitative estimate of drug-likeness (QED) is 0.874. The number of benzene rings is 1. The van der Waals surface area contributed by atoms with Gasteiger partial charge in [0.2, 0.25) is 5.95 Å². The van der Waals surface area contributed by atoms with Crippen LogP contribution in [0.4, 0.5) is 21.8 Å². The molecule has 1 aromatic carbocycles. The molecule has 0 amide bonds. The molecule has 1 aromatic heterocycles. The number of hydrogen-bond acceptors (Lipinski definition) is 4. The van der Waals surface area contributed by atoms with Gasteiger partial charge in [-0.1, -0.05) is 13.0 Å². The predicted octanol–water partition coefficient (Wildman–Crippen LogP) is 3.60. The van der Waals surface area contributed by atoms with E-state index in [-0.39, 0.29) is 5.82 Å². The van der Waals surface area contributed by atoms with Crippen LogP contribution in [0.25, 0.3) is 0 Å². The van der Waals surface area contributed by atoms with Crippen molar-refractivity contribution in [3.8, 4) is 0 Å². The van der Waals surface area contributed by atoms with Gasteiger partial charge in [-0.2, -0.15) is 4.98 Å². The Balaban J connectivity index is 2.27. The number of halogens is 1. The Kier molecular flexibility index (Phi) is 4.87. The number of rotatable bonds is 6. The molecule has 0 spiro atoms. The van der Waals surface area contributed by atoms with E-state index in [2.05, 4.69) is 22.2 Å².